The van der Waals surface area contributed by atoms with E-state index in [2.05, 4.69) is 20.3 Å². The zero-order valence-corrected chi connectivity index (χ0v) is 23.9. The van der Waals surface area contributed by atoms with Gasteiger partial charge in [0.2, 0.25) is 0 Å². The Kier molecular flexibility index (Phi) is 7.99. The number of nitrogens with zero attached hydrogens (tertiary/aromatic N) is 1. The summed E-state index contributed by atoms with van der Waals surface area (Å²) >= 11 is 0. The Labute approximate surface area is 239 Å². The van der Waals surface area contributed by atoms with E-state index in [9.17, 15) is 14.4 Å². The van der Waals surface area contributed by atoms with Crippen LogP contribution in [0.5, 0.6) is 0 Å². The molecule has 1 amide bonds. The molecule has 5 aromatic rings. The van der Waals surface area contributed by atoms with Crippen LogP contribution in [-0.4, -0.2) is 44.0 Å². The van der Waals surface area contributed by atoms with Crippen molar-refractivity contribution >= 4 is 66.7 Å². The highest BCUT2D eigenvalue weighted by molar-refractivity contribution is 8.76. The van der Waals surface area contributed by atoms with Gasteiger partial charge in [0.15, 0.2) is 5.78 Å². The first-order valence-electron chi connectivity index (χ1n) is 12.7. The predicted molar refractivity (Wildman–Crippen MR) is 161 cm³/mol. The number of aromatic nitrogens is 3. The minimum absolute atomic E-state index is 0.0498. The molecule has 0 fully saturated rings. The van der Waals surface area contributed by atoms with Gasteiger partial charge in [-0.3, -0.25) is 9.59 Å². The van der Waals surface area contributed by atoms with Gasteiger partial charge in [0, 0.05) is 51.4 Å². The summed E-state index contributed by atoms with van der Waals surface area (Å²) in [7, 11) is 3.15. The van der Waals surface area contributed by atoms with E-state index in [4.69, 9.17) is 4.74 Å². The number of aromatic amines is 2. The first kappa shape index (κ1) is 27.5. The summed E-state index contributed by atoms with van der Waals surface area (Å²) in [6.07, 6.45) is 2.16. The highest BCUT2D eigenvalue weighted by Gasteiger charge is 2.20. The van der Waals surface area contributed by atoms with Crippen LogP contribution in [0.3, 0.4) is 0 Å². The average Bonchev–Trinajstić information content (AvgIpc) is 3.54. The molecule has 40 heavy (non-hydrogen) atoms. The fourth-order valence-electron chi connectivity index (χ4n) is 4.06. The van der Waals surface area contributed by atoms with E-state index in [-0.39, 0.29) is 11.7 Å². The topological polar surface area (TPSA) is 117 Å². The monoisotopic (exact) mass is 572 g/mol. The fraction of sp³-hybridized carbons (Fsp3) is 0.200. The third-order valence-corrected chi connectivity index (χ3v) is 8.15. The average molecular weight is 573 g/mol. The summed E-state index contributed by atoms with van der Waals surface area (Å²) < 4.78 is 5.43. The number of ketones is 1. The molecule has 0 unspecified atom stereocenters. The summed E-state index contributed by atoms with van der Waals surface area (Å²) in [5, 5.41) is 5.37. The molecule has 0 atom stereocenters. The van der Waals surface area contributed by atoms with E-state index in [1.807, 2.05) is 51.1 Å². The minimum Gasteiger partial charge on any atom is -0.455 e. The molecule has 0 aliphatic rings. The Balaban J connectivity index is 1.22. The van der Waals surface area contributed by atoms with Crippen LogP contribution < -0.4 is 5.32 Å². The van der Waals surface area contributed by atoms with E-state index in [0.29, 0.717) is 34.8 Å². The summed E-state index contributed by atoms with van der Waals surface area (Å²) in [4.78, 5) is 48.6. The largest absolute Gasteiger partial charge is 0.455 e. The molecule has 10 heteroatoms. The minimum atomic E-state index is -0.597. The quantitative estimate of drug-likeness (QED) is 0.0736. The van der Waals surface area contributed by atoms with E-state index in [1.165, 1.54) is 0 Å². The van der Waals surface area contributed by atoms with Gasteiger partial charge in [-0.25, -0.2) is 9.78 Å². The Morgan fingerprint density at radius 1 is 0.900 bits per heavy atom. The number of hydrogen-bond donors (Lipinski definition) is 3. The number of Topliss-reactive ketones (excluding diaryl/α,β-unsaturated/α-hetero) is 1. The lowest BCUT2D eigenvalue weighted by Gasteiger charge is -2.18. The molecule has 8 nitrogen and oxygen atoms in total. The SMILES string of the molecule is CC(C)(C)OC(=O)c1cc2cc(NC(=O)c3cc4cc(C(=O)CCSSc5ccccn5)ccc4[nH]3)ccc2[nH]1. The van der Waals surface area contributed by atoms with Crippen molar-refractivity contribution in [1.82, 2.24) is 15.0 Å². The van der Waals surface area contributed by atoms with E-state index in [1.54, 1.807) is 64.2 Å². The van der Waals surface area contributed by atoms with Gasteiger partial charge in [-0.15, -0.1) is 0 Å². The zero-order chi connectivity index (χ0) is 28.3. The molecule has 0 aliphatic heterocycles. The van der Waals surface area contributed by atoms with E-state index >= 15 is 0 Å². The summed E-state index contributed by atoms with van der Waals surface area (Å²) in [6.45, 7) is 5.44. The number of amides is 1. The molecule has 0 radical (unpaired) electrons. The Hall–Kier alpha value is -4.02. The van der Waals surface area contributed by atoms with Crippen LogP contribution in [0.15, 0.2) is 78.0 Å². The van der Waals surface area contributed by atoms with Crippen LogP contribution in [0.4, 0.5) is 5.69 Å². The highest BCUT2D eigenvalue weighted by Crippen LogP contribution is 2.30. The zero-order valence-electron chi connectivity index (χ0n) is 22.2. The lowest BCUT2D eigenvalue weighted by Crippen LogP contribution is -2.24. The van der Waals surface area contributed by atoms with Gasteiger partial charge in [-0.05, 0) is 92.2 Å². The molecule has 0 saturated heterocycles. The van der Waals surface area contributed by atoms with Crippen molar-refractivity contribution in [2.75, 3.05) is 11.1 Å². The number of benzene rings is 2. The lowest BCUT2D eigenvalue weighted by atomic mass is 10.1. The molecule has 3 aromatic heterocycles. The number of carbonyl (C=O) groups is 3. The number of pyridine rings is 1. The summed E-state index contributed by atoms with van der Waals surface area (Å²) in [6, 6.07) is 20.0. The van der Waals surface area contributed by atoms with E-state index in [0.717, 1.165) is 26.8 Å². The molecule has 0 spiro atoms. The normalized spacial score (nSPS) is 11.6. The number of esters is 1. The van der Waals surface area contributed by atoms with E-state index < -0.39 is 11.6 Å². The molecule has 0 bridgehead atoms. The van der Waals surface area contributed by atoms with Gasteiger partial charge in [0.1, 0.15) is 22.0 Å². The fourth-order valence-corrected chi connectivity index (χ4v) is 5.93. The number of ether oxygens (including phenoxy) is 1. The lowest BCUT2D eigenvalue weighted by molar-refractivity contribution is 0.00636. The molecule has 2 aromatic carbocycles. The molecule has 3 N–H and O–H groups in total. The van der Waals surface area contributed by atoms with Gasteiger partial charge in [-0.2, -0.15) is 0 Å². The molecular formula is C30H28N4O4S2. The number of hydrogen-bond acceptors (Lipinski definition) is 7. The maximum Gasteiger partial charge on any atom is 0.355 e. The van der Waals surface area contributed by atoms with Crippen molar-refractivity contribution in [3.05, 3.63) is 89.9 Å². The second kappa shape index (κ2) is 11.6. The smallest absolute Gasteiger partial charge is 0.355 e. The van der Waals surface area contributed by atoms with Crippen LogP contribution in [0.25, 0.3) is 21.8 Å². The van der Waals surface area contributed by atoms with Crippen molar-refractivity contribution in [2.24, 2.45) is 0 Å². The number of rotatable bonds is 9. The number of carbonyl (C=O) groups excluding carboxylic acids is 3. The van der Waals surface area contributed by atoms with Crippen molar-refractivity contribution in [2.45, 2.75) is 37.8 Å². The van der Waals surface area contributed by atoms with Gasteiger partial charge >= 0.3 is 5.97 Å². The predicted octanol–water partition coefficient (Wildman–Crippen LogP) is 7.27. The molecule has 204 valence electrons. The molecule has 3 heterocycles. The molecule has 0 aliphatic carbocycles. The second-order valence-electron chi connectivity index (χ2n) is 10.2. The Bertz CT molecular complexity index is 1700. The van der Waals surface area contributed by atoms with Crippen LogP contribution >= 0.6 is 21.6 Å². The second-order valence-corrected chi connectivity index (χ2v) is 12.6. The third-order valence-electron chi connectivity index (χ3n) is 5.88. The number of nitrogens with one attached hydrogen (secondary N) is 3. The molecule has 0 saturated carbocycles. The van der Waals surface area contributed by atoms with Crippen molar-refractivity contribution < 1.29 is 19.1 Å². The van der Waals surface area contributed by atoms with Gasteiger partial charge < -0.3 is 20.0 Å². The van der Waals surface area contributed by atoms with Gasteiger partial charge in [-0.1, -0.05) is 16.9 Å². The van der Waals surface area contributed by atoms with Crippen LogP contribution in [0, 0.1) is 0 Å². The number of anilines is 1. The number of fused-ring (bicyclic) bond motifs is 2. The first-order valence-corrected chi connectivity index (χ1v) is 15.0. The Morgan fingerprint density at radius 3 is 2.38 bits per heavy atom. The first-order chi connectivity index (χ1) is 19.1. The van der Waals surface area contributed by atoms with Crippen molar-refractivity contribution in [3.8, 4) is 0 Å². The van der Waals surface area contributed by atoms with Crippen molar-refractivity contribution in [1.29, 1.82) is 0 Å². The summed E-state index contributed by atoms with van der Waals surface area (Å²) in [5.41, 5.74) is 2.86. The Morgan fingerprint density at radius 2 is 1.62 bits per heavy atom. The van der Waals surface area contributed by atoms with Crippen LogP contribution in [0.2, 0.25) is 0 Å². The van der Waals surface area contributed by atoms with Gasteiger partial charge in [0.05, 0.1) is 0 Å². The van der Waals surface area contributed by atoms with Gasteiger partial charge in [0.25, 0.3) is 5.91 Å². The number of H-pyrrole nitrogens is 2. The molecular weight excluding hydrogens is 544 g/mol. The maximum atomic E-state index is 13.0. The van der Waals surface area contributed by atoms with Crippen LogP contribution in [-0.2, 0) is 4.74 Å². The highest BCUT2D eigenvalue weighted by atomic mass is 33.1. The molecule has 5 rings (SSSR count). The maximum absolute atomic E-state index is 13.0. The standard InChI is InChI=1S/C30H28N4O4S2/c1-30(2,3)38-29(37)25-17-20-15-21(8-10-23(20)34-25)32-28(36)24-16-19-14-18(7-9-22(19)33-24)26(35)11-13-39-40-27-6-4-5-12-31-27/h4-10,12,14-17,33-34H,11,13H2,1-3H3,(H,32,36). The van der Waals surface area contributed by atoms with Crippen LogP contribution in [0.1, 0.15) is 58.5 Å². The third kappa shape index (κ3) is 6.75. The summed E-state index contributed by atoms with van der Waals surface area (Å²) in [5.74, 6) is -0.0284. The van der Waals surface area contributed by atoms with Crippen molar-refractivity contribution in [3.63, 3.8) is 0 Å².